The number of nitrogens with zero attached hydrogens (tertiary/aromatic N) is 2. The third-order valence-corrected chi connectivity index (χ3v) is 3.98. The predicted octanol–water partition coefficient (Wildman–Crippen LogP) is 4.03. The van der Waals surface area contributed by atoms with Crippen LogP contribution in [0.25, 0.3) is 0 Å². The Morgan fingerprint density at radius 1 is 1.04 bits per heavy atom. The van der Waals surface area contributed by atoms with Gasteiger partial charge in [0.2, 0.25) is 5.75 Å². The Hall–Kier alpha value is -2.31. The molecule has 0 N–H and O–H groups in total. The van der Waals surface area contributed by atoms with Gasteiger partial charge in [0, 0.05) is 36.6 Å². The number of anilines is 1. The highest BCUT2D eigenvalue weighted by molar-refractivity contribution is 6.18. The normalized spacial score (nSPS) is 10.4. The van der Waals surface area contributed by atoms with Gasteiger partial charge in [0.1, 0.15) is 0 Å². The SMILES string of the molecule is O=C(Cc1ccc(N(CCCl)CCCl)cc1)Oc1ccccc1[N+](=O)[O-]. The van der Waals surface area contributed by atoms with Gasteiger partial charge < -0.3 is 9.64 Å². The number of carbonyl (C=O) groups excluding carboxylic acids is 1. The molecule has 0 aromatic heterocycles. The van der Waals surface area contributed by atoms with Crippen molar-refractivity contribution in [3.63, 3.8) is 0 Å². The van der Waals surface area contributed by atoms with Crippen LogP contribution in [0.3, 0.4) is 0 Å². The van der Waals surface area contributed by atoms with Gasteiger partial charge in [-0.25, -0.2) is 0 Å². The fourth-order valence-corrected chi connectivity index (χ4v) is 2.83. The molecule has 2 aromatic rings. The minimum absolute atomic E-state index is 0.0113. The molecule has 0 saturated carbocycles. The summed E-state index contributed by atoms with van der Waals surface area (Å²) >= 11 is 11.6. The van der Waals surface area contributed by atoms with Gasteiger partial charge in [-0.2, -0.15) is 0 Å². The number of benzene rings is 2. The lowest BCUT2D eigenvalue weighted by Gasteiger charge is -2.23. The van der Waals surface area contributed by atoms with Crippen LogP contribution in [0.5, 0.6) is 5.75 Å². The van der Waals surface area contributed by atoms with Gasteiger partial charge in [-0.15, -0.1) is 23.2 Å². The van der Waals surface area contributed by atoms with Gasteiger partial charge in [0.25, 0.3) is 0 Å². The van der Waals surface area contributed by atoms with E-state index in [9.17, 15) is 14.9 Å². The van der Waals surface area contributed by atoms with Crippen LogP contribution < -0.4 is 9.64 Å². The summed E-state index contributed by atoms with van der Waals surface area (Å²) in [6.07, 6.45) is 0.0113. The molecule has 0 radical (unpaired) electrons. The summed E-state index contributed by atoms with van der Waals surface area (Å²) in [5.74, 6) is 0.349. The maximum atomic E-state index is 12.1. The van der Waals surface area contributed by atoms with Crippen molar-refractivity contribution in [2.24, 2.45) is 0 Å². The number of rotatable bonds is 9. The molecule has 0 unspecified atom stereocenters. The summed E-state index contributed by atoms with van der Waals surface area (Å²) in [6, 6.07) is 13.2. The third-order valence-electron chi connectivity index (χ3n) is 3.64. The number of para-hydroxylation sites is 2. The van der Waals surface area contributed by atoms with E-state index in [2.05, 4.69) is 4.90 Å². The van der Waals surface area contributed by atoms with E-state index in [4.69, 9.17) is 27.9 Å². The number of hydrogen-bond donors (Lipinski definition) is 0. The number of halogens is 2. The monoisotopic (exact) mass is 396 g/mol. The van der Waals surface area contributed by atoms with Crippen LogP contribution >= 0.6 is 23.2 Å². The Kier molecular flexibility index (Phi) is 7.69. The maximum absolute atomic E-state index is 12.1. The van der Waals surface area contributed by atoms with Crippen molar-refractivity contribution in [1.29, 1.82) is 0 Å². The van der Waals surface area contributed by atoms with E-state index in [1.54, 1.807) is 6.07 Å². The average Bonchev–Trinajstić information content (AvgIpc) is 2.62. The van der Waals surface area contributed by atoms with Crippen LogP contribution in [0.15, 0.2) is 48.5 Å². The predicted molar refractivity (Wildman–Crippen MR) is 103 cm³/mol. The average molecular weight is 397 g/mol. The van der Waals surface area contributed by atoms with E-state index in [-0.39, 0.29) is 17.9 Å². The Balaban J connectivity index is 2.02. The summed E-state index contributed by atoms with van der Waals surface area (Å²) in [4.78, 5) is 24.5. The zero-order valence-corrected chi connectivity index (χ0v) is 15.4. The number of carbonyl (C=O) groups is 1. The molecule has 0 spiro atoms. The molecule has 8 heteroatoms. The van der Waals surface area contributed by atoms with E-state index in [1.807, 2.05) is 24.3 Å². The first kappa shape index (κ1) is 20.0. The number of ether oxygens (including phenoxy) is 1. The summed E-state index contributed by atoms with van der Waals surface area (Å²) in [5.41, 5.74) is 1.46. The Morgan fingerprint density at radius 3 is 2.23 bits per heavy atom. The zero-order valence-electron chi connectivity index (χ0n) is 13.9. The van der Waals surface area contributed by atoms with Crippen molar-refractivity contribution in [1.82, 2.24) is 0 Å². The van der Waals surface area contributed by atoms with Crippen LogP contribution in [-0.4, -0.2) is 35.7 Å². The van der Waals surface area contributed by atoms with Crippen LogP contribution in [0.1, 0.15) is 5.56 Å². The molecule has 0 bridgehead atoms. The fraction of sp³-hybridized carbons (Fsp3) is 0.278. The van der Waals surface area contributed by atoms with E-state index < -0.39 is 10.9 Å². The van der Waals surface area contributed by atoms with Crippen molar-refractivity contribution >= 4 is 40.5 Å². The molecule has 2 rings (SSSR count). The second-order valence-corrected chi connectivity index (χ2v) is 6.16. The molecule has 2 aromatic carbocycles. The van der Waals surface area contributed by atoms with Crippen LogP contribution in [-0.2, 0) is 11.2 Å². The van der Waals surface area contributed by atoms with Crippen molar-refractivity contribution in [2.45, 2.75) is 6.42 Å². The highest BCUT2D eigenvalue weighted by Gasteiger charge is 2.17. The zero-order chi connectivity index (χ0) is 18.9. The van der Waals surface area contributed by atoms with Gasteiger partial charge in [-0.05, 0) is 23.8 Å². The number of esters is 1. The maximum Gasteiger partial charge on any atom is 0.315 e. The summed E-state index contributed by atoms with van der Waals surface area (Å²) in [5, 5.41) is 11.0. The highest BCUT2D eigenvalue weighted by atomic mass is 35.5. The minimum Gasteiger partial charge on any atom is -0.419 e. The van der Waals surface area contributed by atoms with Crippen LogP contribution in [0.4, 0.5) is 11.4 Å². The Labute approximate surface area is 161 Å². The molecule has 0 aliphatic carbocycles. The quantitative estimate of drug-likeness (QED) is 0.210. The van der Waals surface area contributed by atoms with Gasteiger partial charge in [-0.3, -0.25) is 14.9 Å². The van der Waals surface area contributed by atoms with Crippen molar-refractivity contribution in [3.05, 3.63) is 64.2 Å². The molecule has 0 saturated heterocycles. The minimum atomic E-state index is -0.584. The standard InChI is InChI=1S/C18H18Cl2N2O4/c19-9-11-21(12-10-20)15-7-5-14(6-8-15)13-18(23)26-17-4-2-1-3-16(17)22(24)25/h1-8H,9-13H2. The van der Waals surface area contributed by atoms with Crippen molar-refractivity contribution in [2.75, 3.05) is 29.7 Å². The lowest BCUT2D eigenvalue weighted by molar-refractivity contribution is -0.385. The van der Waals surface area contributed by atoms with E-state index in [0.29, 0.717) is 24.8 Å². The number of hydrogen-bond acceptors (Lipinski definition) is 5. The smallest absolute Gasteiger partial charge is 0.315 e. The molecule has 0 atom stereocenters. The second-order valence-electron chi connectivity index (χ2n) is 5.41. The van der Waals surface area contributed by atoms with Crippen molar-refractivity contribution in [3.8, 4) is 5.75 Å². The number of alkyl halides is 2. The van der Waals surface area contributed by atoms with Gasteiger partial charge >= 0.3 is 11.7 Å². The topological polar surface area (TPSA) is 72.7 Å². The van der Waals surface area contributed by atoms with E-state index in [0.717, 1.165) is 11.3 Å². The Morgan fingerprint density at radius 2 is 1.65 bits per heavy atom. The van der Waals surface area contributed by atoms with Gasteiger partial charge in [0.15, 0.2) is 0 Å². The third kappa shape index (κ3) is 5.61. The molecule has 0 aliphatic rings. The van der Waals surface area contributed by atoms with Crippen LogP contribution in [0, 0.1) is 10.1 Å². The molecule has 0 fully saturated rings. The molecule has 6 nitrogen and oxygen atoms in total. The molecule has 0 amide bonds. The van der Waals surface area contributed by atoms with Gasteiger partial charge in [-0.1, -0.05) is 24.3 Å². The van der Waals surface area contributed by atoms with Gasteiger partial charge in [0.05, 0.1) is 11.3 Å². The van der Waals surface area contributed by atoms with E-state index >= 15 is 0 Å². The lowest BCUT2D eigenvalue weighted by atomic mass is 10.1. The molecular weight excluding hydrogens is 379 g/mol. The summed E-state index contributed by atoms with van der Waals surface area (Å²) in [7, 11) is 0. The largest absolute Gasteiger partial charge is 0.419 e. The lowest BCUT2D eigenvalue weighted by Crippen LogP contribution is -2.27. The molecular formula is C18H18Cl2N2O4. The number of nitro groups is 1. The summed E-state index contributed by atoms with van der Waals surface area (Å²) in [6.45, 7) is 1.35. The second kappa shape index (κ2) is 9.99. The molecule has 26 heavy (non-hydrogen) atoms. The fourth-order valence-electron chi connectivity index (χ4n) is 2.42. The summed E-state index contributed by atoms with van der Waals surface area (Å²) < 4.78 is 5.14. The molecule has 0 aliphatic heterocycles. The van der Waals surface area contributed by atoms with Crippen molar-refractivity contribution < 1.29 is 14.5 Å². The van der Waals surface area contributed by atoms with Crippen LogP contribution in [0.2, 0.25) is 0 Å². The first-order valence-electron chi connectivity index (χ1n) is 7.95. The van der Waals surface area contributed by atoms with E-state index in [1.165, 1.54) is 18.2 Å². The highest BCUT2D eigenvalue weighted by Crippen LogP contribution is 2.26. The molecule has 138 valence electrons. The Bertz CT molecular complexity index is 747. The first-order chi connectivity index (χ1) is 12.5. The molecule has 0 heterocycles. The first-order valence-corrected chi connectivity index (χ1v) is 9.02. The number of nitro benzene ring substituents is 1.